The second kappa shape index (κ2) is 11.0. The number of hydrogen-bond acceptors (Lipinski definition) is 4. The van der Waals surface area contributed by atoms with Crippen molar-refractivity contribution in [2.75, 3.05) is 5.32 Å². The molecule has 39 heavy (non-hydrogen) atoms. The molecule has 0 aliphatic heterocycles. The average molecular weight is 536 g/mol. The van der Waals surface area contributed by atoms with E-state index in [1.807, 2.05) is 86.6 Å². The van der Waals surface area contributed by atoms with Gasteiger partial charge < -0.3 is 10.1 Å². The number of ether oxygens (including phenoxy) is 1. The van der Waals surface area contributed by atoms with Crippen molar-refractivity contribution in [3.63, 3.8) is 0 Å². The van der Waals surface area contributed by atoms with Crippen molar-refractivity contribution >= 4 is 29.2 Å². The van der Waals surface area contributed by atoms with E-state index in [0.717, 1.165) is 27.9 Å². The molecule has 0 fully saturated rings. The predicted octanol–water partition coefficient (Wildman–Crippen LogP) is 7.65. The maximum atomic E-state index is 12.7. The molecule has 0 spiro atoms. The highest BCUT2D eigenvalue weighted by atomic mass is 35.5. The summed E-state index contributed by atoms with van der Waals surface area (Å²) in [5.41, 5.74) is 7.09. The molecule has 5 rings (SSSR count). The van der Waals surface area contributed by atoms with Crippen LogP contribution in [0.3, 0.4) is 0 Å². The monoisotopic (exact) mass is 535 g/mol. The van der Waals surface area contributed by atoms with Crippen LogP contribution in [0, 0.1) is 13.8 Å². The van der Waals surface area contributed by atoms with Crippen LogP contribution in [0.25, 0.3) is 28.1 Å². The fourth-order valence-electron chi connectivity index (χ4n) is 4.27. The van der Waals surface area contributed by atoms with Crippen molar-refractivity contribution in [3.8, 4) is 34.0 Å². The lowest BCUT2D eigenvalue weighted by molar-refractivity contribution is -0.132. The van der Waals surface area contributed by atoms with E-state index in [1.165, 1.54) is 6.92 Å². The van der Waals surface area contributed by atoms with Gasteiger partial charge in [-0.1, -0.05) is 65.7 Å². The number of hydrogen-bond donors (Lipinski definition) is 1. The van der Waals surface area contributed by atoms with Gasteiger partial charge in [0.25, 0.3) is 5.91 Å². The number of anilines is 1. The highest BCUT2D eigenvalue weighted by molar-refractivity contribution is 6.30. The number of carbonyl (C=O) groups is 2. The Balaban J connectivity index is 1.60. The first kappa shape index (κ1) is 25.9. The Kier molecular flexibility index (Phi) is 7.30. The summed E-state index contributed by atoms with van der Waals surface area (Å²) in [6.45, 7) is 5.40. The van der Waals surface area contributed by atoms with Gasteiger partial charge in [-0.25, -0.2) is 0 Å². The summed E-state index contributed by atoms with van der Waals surface area (Å²) in [6.07, 6.45) is 0. The number of rotatable bonds is 6. The minimum Gasteiger partial charge on any atom is -0.407 e. The minimum absolute atomic E-state index is 0.243. The zero-order chi connectivity index (χ0) is 27.5. The van der Waals surface area contributed by atoms with E-state index < -0.39 is 5.97 Å². The first-order valence-electron chi connectivity index (χ1n) is 12.4. The van der Waals surface area contributed by atoms with Gasteiger partial charge in [0.1, 0.15) is 5.69 Å². The molecule has 1 heterocycles. The molecule has 194 valence electrons. The summed E-state index contributed by atoms with van der Waals surface area (Å²) in [4.78, 5) is 24.9. The summed E-state index contributed by atoms with van der Waals surface area (Å²) in [5.74, 6) is -0.374. The van der Waals surface area contributed by atoms with Gasteiger partial charge in [-0.3, -0.25) is 9.59 Å². The van der Waals surface area contributed by atoms with Crippen molar-refractivity contribution in [1.29, 1.82) is 0 Å². The lowest BCUT2D eigenvalue weighted by atomic mass is 10.00. The number of nitrogens with zero attached hydrogens (tertiary/aromatic N) is 2. The maximum absolute atomic E-state index is 12.7. The number of aryl methyl sites for hydroxylation is 2. The van der Waals surface area contributed by atoms with Gasteiger partial charge in [-0.05, 0) is 73.5 Å². The van der Waals surface area contributed by atoms with Crippen LogP contribution in [0.1, 0.15) is 28.4 Å². The molecule has 7 heteroatoms. The predicted molar refractivity (Wildman–Crippen MR) is 155 cm³/mol. The minimum atomic E-state index is -0.452. The molecule has 0 aliphatic carbocycles. The van der Waals surface area contributed by atoms with Gasteiger partial charge in [0.05, 0.1) is 11.3 Å². The second-order valence-corrected chi connectivity index (χ2v) is 9.71. The Bertz CT molecular complexity index is 1660. The number of benzene rings is 4. The van der Waals surface area contributed by atoms with Crippen LogP contribution >= 0.6 is 11.6 Å². The van der Waals surface area contributed by atoms with E-state index in [4.69, 9.17) is 21.4 Å². The first-order chi connectivity index (χ1) is 18.8. The van der Waals surface area contributed by atoms with Crippen LogP contribution in [-0.2, 0) is 4.79 Å². The molecular weight excluding hydrogens is 510 g/mol. The van der Waals surface area contributed by atoms with E-state index >= 15 is 0 Å². The summed E-state index contributed by atoms with van der Waals surface area (Å²) in [5, 5.41) is 8.40. The summed E-state index contributed by atoms with van der Waals surface area (Å²) >= 11 is 5.94. The van der Waals surface area contributed by atoms with Crippen molar-refractivity contribution in [3.05, 3.63) is 119 Å². The lowest BCUT2D eigenvalue weighted by Gasteiger charge is -2.11. The normalized spacial score (nSPS) is 10.8. The van der Waals surface area contributed by atoms with Gasteiger partial charge in [0.2, 0.25) is 5.88 Å². The molecule has 0 unspecified atom stereocenters. The van der Waals surface area contributed by atoms with Gasteiger partial charge in [-0.15, -0.1) is 0 Å². The molecule has 5 aromatic rings. The Morgan fingerprint density at radius 2 is 1.49 bits per heavy atom. The fourth-order valence-corrected chi connectivity index (χ4v) is 4.39. The van der Waals surface area contributed by atoms with E-state index in [9.17, 15) is 9.59 Å². The van der Waals surface area contributed by atoms with Gasteiger partial charge in [-0.2, -0.15) is 9.78 Å². The molecule has 4 aromatic carbocycles. The van der Waals surface area contributed by atoms with Crippen LogP contribution in [0.5, 0.6) is 5.88 Å². The number of carbonyl (C=O) groups excluding carboxylic acids is 2. The third-order valence-corrected chi connectivity index (χ3v) is 6.44. The Hall–Kier alpha value is -4.68. The Morgan fingerprint density at radius 3 is 2.13 bits per heavy atom. The third-order valence-electron chi connectivity index (χ3n) is 6.19. The quantitative estimate of drug-likeness (QED) is 0.227. The van der Waals surface area contributed by atoms with Crippen LogP contribution < -0.4 is 10.1 Å². The topological polar surface area (TPSA) is 73.2 Å². The van der Waals surface area contributed by atoms with Crippen LogP contribution in [0.4, 0.5) is 5.69 Å². The first-order valence-corrected chi connectivity index (χ1v) is 12.8. The number of amides is 1. The van der Waals surface area contributed by atoms with Gasteiger partial charge in [0.15, 0.2) is 0 Å². The standard InChI is InChI=1S/C32H26ClN3O3/c1-20-7-9-24(10-8-20)30-29(32(39-22(3)37)36(35-30)28-6-4-5-21(2)19-28)23-13-17-27(18-14-23)34-31(38)25-11-15-26(33)16-12-25/h4-19H,1-3H3,(H,34,38). The number of aromatic nitrogens is 2. The van der Waals surface area contributed by atoms with Gasteiger partial charge >= 0.3 is 5.97 Å². The van der Waals surface area contributed by atoms with Crippen LogP contribution in [0.15, 0.2) is 97.1 Å². The highest BCUT2D eigenvalue weighted by Gasteiger charge is 2.24. The van der Waals surface area contributed by atoms with Crippen molar-refractivity contribution < 1.29 is 14.3 Å². The molecule has 0 bridgehead atoms. The molecule has 0 aliphatic rings. The van der Waals surface area contributed by atoms with E-state index in [-0.39, 0.29) is 5.91 Å². The number of halogens is 1. The molecule has 0 saturated carbocycles. The van der Waals surface area contributed by atoms with E-state index in [1.54, 1.807) is 28.9 Å². The summed E-state index contributed by atoms with van der Waals surface area (Å²) < 4.78 is 7.46. The molecule has 6 nitrogen and oxygen atoms in total. The molecule has 1 amide bonds. The van der Waals surface area contributed by atoms with E-state index in [2.05, 4.69) is 5.32 Å². The average Bonchev–Trinajstić information content (AvgIpc) is 3.28. The maximum Gasteiger partial charge on any atom is 0.309 e. The Labute approximate surface area is 231 Å². The zero-order valence-corrected chi connectivity index (χ0v) is 22.5. The van der Waals surface area contributed by atoms with Crippen molar-refractivity contribution in [1.82, 2.24) is 9.78 Å². The molecule has 0 radical (unpaired) electrons. The summed E-state index contributed by atoms with van der Waals surface area (Å²) in [7, 11) is 0. The zero-order valence-electron chi connectivity index (χ0n) is 21.7. The number of nitrogens with one attached hydrogen (secondary N) is 1. The van der Waals surface area contributed by atoms with Crippen molar-refractivity contribution in [2.24, 2.45) is 0 Å². The second-order valence-electron chi connectivity index (χ2n) is 9.28. The molecule has 1 aromatic heterocycles. The highest BCUT2D eigenvalue weighted by Crippen LogP contribution is 2.41. The van der Waals surface area contributed by atoms with E-state index in [0.29, 0.717) is 33.4 Å². The van der Waals surface area contributed by atoms with Gasteiger partial charge in [0, 0.05) is 28.8 Å². The fraction of sp³-hybridized carbons (Fsp3) is 0.0938. The largest absolute Gasteiger partial charge is 0.407 e. The molecule has 0 atom stereocenters. The Morgan fingerprint density at radius 1 is 0.821 bits per heavy atom. The molecular formula is C32H26ClN3O3. The SMILES string of the molecule is CC(=O)Oc1c(-c2ccc(NC(=O)c3ccc(Cl)cc3)cc2)c(-c2ccc(C)cc2)nn1-c1cccc(C)c1. The van der Waals surface area contributed by atoms with Crippen LogP contribution in [0.2, 0.25) is 5.02 Å². The lowest BCUT2D eigenvalue weighted by Crippen LogP contribution is -2.11. The van der Waals surface area contributed by atoms with Crippen LogP contribution in [-0.4, -0.2) is 21.7 Å². The van der Waals surface area contributed by atoms with Crippen molar-refractivity contribution in [2.45, 2.75) is 20.8 Å². The third kappa shape index (κ3) is 5.76. The molecule has 0 saturated heterocycles. The summed E-state index contributed by atoms with van der Waals surface area (Å²) in [6, 6.07) is 29.9. The molecule has 1 N–H and O–H groups in total. The smallest absolute Gasteiger partial charge is 0.309 e. The number of esters is 1.